The van der Waals surface area contributed by atoms with Gasteiger partial charge in [0, 0.05) is 18.3 Å². The topological polar surface area (TPSA) is 112 Å². The molecule has 0 atom stereocenters. The lowest BCUT2D eigenvalue weighted by Gasteiger charge is -1.97. The molecule has 0 aliphatic carbocycles. The van der Waals surface area contributed by atoms with Crippen molar-refractivity contribution in [1.82, 2.24) is 25.1 Å². The Morgan fingerprint density at radius 3 is 2.95 bits per heavy atom. The molecule has 3 aromatic rings. The van der Waals surface area contributed by atoms with Gasteiger partial charge in [-0.15, -0.1) is 5.10 Å². The number of aromatic nitrogens is 5. The molecule has 0 saturated heterocycles. The van der Waals surface area contributed by atoms with Gasteiger partial charge in [-0.3, -0.25) is 14.8 Å². The Balaban J connectivity index is 1.75. The molecule has 0 bridgehead atoms. The van der Waals surface area contributed by atoms with E-state index in [0.29, 0.717) is 12.3 Å². The number of nitrogens with one attached hydrogen (secondary N) is 1. The Labute approximate surface area is 118 Å². The average molecular weight is 288 g/mol. The van der Waals surface area contributed by atoms with Crippen LogP contribution in [0.2, 0.25) is 0 Å². The lowest BCUT2D eigenvalue weighted by atomic mass is 10.3. The van der Waals surface area contributed by atoms with Gasteiger partial charge in [0.25, 0.3) is 11.8 Å². The van der Waals surface area contributed by atoms with Crippen molar-refractivity contribution in [2.45, 2.75) is 20.4 Å². The first-order valence-electron chi connectivity index (χ1n) is 6.27. The second kappa shape index (κ2) is 5.19. The third-order valence-electron chi connectivity index (χ3n) is 2.81. The van der Waals surface area contributed by atoms with Crippen LogP contribution >= 0.6 is 0 Å². The zero-order valence-corrected chi connectivity index (χ0v) is 11.4. The van der Waals surface area contributed by atoms with Crippen LogP contribution in [-0.2, 0) is 6.54 Å². The maximum atomic E-state index is 12.0. The van der Waals surface area contributed by atoms with E-state index < -0.39 is 5.91 Å². The predicted octanol–water partition coefficient (Wildman–Crippen LogP) is 1.50. The monoisotopic (exact) mass is 288 g/mol. The number of hydrogen-bond acceptors (Lipinski definition) is 7. The van der Waals surface area contributed by atoms with Crippen molar-refractivity contribution in [3.63, 3.8) is 0 Å². The number of hydrogen-bond donors (Lipinski definition) is 1. The van der Waals surface area contributed by atoms with Crippen LogP contribution in [-0.4, -0.2) is 31.0 Å². The molecule has 3 aromatic heterocycles. The second-order valence-corrected chi connectivity index (χ2v) is 4.23. The minimum absolute atomic E-state index is 0.0323. The maximum Gasteiger partial charge on any atom is 0.322 e. The summed E-state index contributed by atoms with van der Waals surface area (Å²) in [6.45, 7) is 4.51. The van der Waals surface area contributed by atoms with Gasteiger partial charge < -0.3 is 8.94 Å². The summed E-state index contributed by atoms with van der Waals surface area (Å²) in [5.41, 5.74) is 1.18. The first-order valence-corrected chi connectivity index (χ1v) is 6.27. The fraction of sp³-hybridized carbons (Fsp3) is 0.250. The number of carbonyl (C=O) groups excluding carboxylic acids is 1. The molecule has 9 nitrogen and oxygen atoms in total. The number of anilines is 1. The molecule has 0 fully saturated rings. The molecule has 21 heavy (non-hydrogen) atoms. The highest BCUT2D eigenvalue weighted by Crippen LogP contribution is 2.19. The summed E-state index contributed by atoms with van der Waals surface area (Å²) in [6.07, 6.45) is 1.46. The number of aryl methyl sites for hydroxylation is 2. The largest absolute Gasteiger partial charge is 0.400 e. The minimum Gasteiger partial charge on any atom is -0.400 e. The Morgan fingerprint density at radius 2 is 2.29 bits per heavy atom. The lowest BCUT2D eigenvalue weighted by molar-refractivity contribution is 0.101. The van der Waals surface area contributed by atoms with Gasteiger partial charge in [-0.25, -0.2) is 0 Å². The molecule has 3 heterocycles. The van der Waals surface area contributed by atoms with Gasteiger partial charge in [-0.2, -0.15) is 5.10 Å². The summed E-state index contributed by atoms with van der Waals surface area (Å²) in [4.78, 5) is 12.0. The van der Waals surface area contributed by atoms with Crippen LogP contribution < -0.4 is 5.32 Å². The molecule has 9 heteroatoms. The van der Waals surface area contributed by atoms with Crippen molar-refractivity contribution in [2.24, 2.45) is 0 Å². The molecule has 0 aliphatic heterocycles. The number of carbonyl (C=O) groups is 1. The van der Waals surface area contributed by atoms with Crippen LogP contribution in [0.25, 0.3) is 11.7 Å². The van der Waals surface area contributed by atoms with E-state index in [1.54, 1.807) is 16.8 Å². The predicted molar refractivity (Wildman–Crippen MR) is 70.4 cm³/mol. The molecular formula is C12H12N6O3. The SMILES string of the molecule is CCn1nc(C(=O)Nc2nnc(-c3ccno3)o2)cc1C. The van der Waals surface area contributed by atoms with Crippen LogP contribution in [0.1, 0.15) is 23.1 Å². The van der Waals surface area contributed by atoms with Crippen LogP contribution in [0, 0.1) is 6.92 Å². The number of amides is 1. The third kappa shape index (κ3) is 2.53. The van der Waals surface area contributed by atoms with Crippen molar-refractivity contribution < 1.29 is 13.7 Å². The van der Waals surface area contributed by atoms with E-state index in [1.807, 2.05) is 13.8 Å². The van der Waals surface area contributed by atoms with E-state index in [0.717, 1.165) is 5.69 Å². The molecule has 3 rings (SSSR count). The molecule has 0 radical (unpaired) electrons. The van der Waals surface area contributed by atoms with E-state index >= 15 is 0 Å². The fourth-order valence-corrected chi connectivity index (χ4v) is 1.80. The normalized spacial score (nSPS) is 10.8. The minimum atomic E-state index is -0.418. The van der Waals surface area contributed by atoms with Crippen molar-refractivity contribution in [3.05, 3.63) is 29.7 Å². The van der Waals surface area contributed by atoms with Crippen molar-refractivity contribution in [3.8, 4) is 11.7 Å². The van der Waals surface area contributed by atoms with Gasteiger partial charge in [0.05, 0.1) is 6.20 Å². The third-order valence-corrected chi connectivity index (χ3v) is 2.81. The summed E-state index contributed by atoms with van der Waals surface area (Å²) >= 11 is 0. The fourth-order valence-electron chi connectivity index (χ4n) is 1.80. The van der Waals surface area contributed by atoms with Gasteiger partial charge >= 0.3 is 6.01 Å². The lowest BCUT2D eigenvalue weighted by Crippen LogP contribution is -2.13. The zero-order chi connectivity index (χ0) is 14.8. The standard InChI is InChI=1S/C12H12N6O3/c1-3-18-7(2)6-8(17-18)10(19)14-12-16-15-11(20-12)9-4-5-13-21-9/h4-6H,3H2,1-2H3,(H,14,16,19). The summed E-state index contributed by atoms with van der Waals surface area (Å²) in [5, 5.41) is 17.7. The molecule has 0 spiro atoms. The summed E-state index contributed by atoms with van der Waals surface area (Å²) in [6, 6.07) is 3.23. The van der Waals surface area contributed by atoms with Crippen molar-refractivity contribution >= 4 is 11.9 Å². The molecular weight excluding hydrogens is 276 g/mol. The van der Waals surface area contributed by atoms with Crippen molar-refractivity contribution in [2.75, 3.05) is 5.32 Å². The first-order chi connectivity index (χ1) is 10.2. The van der Waals surface area contributed by atoms with Gasteiger partial charge in [0.2, 0.25) is 5.76 Å². The van der Waals surface area contributed by atoms with Gasteiger partial charge in [-0.05, 0) is 19.9 Å². The number of nitrogens with zero attached hydrogens (tertiary/aromatic N) is 5. The molecule has 1 amide bonds. The zero-order valence-electron chi connectivity index (χ0n) is 11.4. The molecule has 0 aliphatic rings. The number of rotatable bonds is 4. The summed E-state index contributed by atoms with van der Waals surface area (Å²) in [5.74, 6) is 0.0465. The van der Waals surface area contributed by atoms with E-state index in [9.17, 15) is 4.79 Å². The Morgan fingerprint density at radius 1 is 1.43 bits per heavy atom. The van der Waals surface area contributed by atoms with E-state index in [2.05, 4.69) is 25.8 Å². The van der Waals surface area contributed by atoms with Crippen LogP contribution in [0.4, 0.5) is 6.01 Å². The van der Waals surface area contributed by atoms with Crippen molar-refractivity contribution in [1.29, 1.82) is 0 Å². The van der Waals surface area contributed by atoms with E-state index in [1.165, 1.54) is 6.20 Å². The Hall–Kier alpha value is -2.97. The average Bonchev–Trinajstić information content (AvgIpc) is 3.17. The van der Waals surface area contributed by atoms with Gasteiger partial charge in [0.15, 0.2) is 5.69 Å². The summed E-state index contributed by atoms with van der Waals surface area (Å²) < 4.78 is 11.9. The van der Waals surface area contributed by atoms with Gasteiger partial charge in [-0.1, -0.05) is 10.3 Å². The smallest absolute Gasteiger partial charge is 0.322 e. The van der Waals surface area contributed by atoms with Crippen LogP contribution in [0.15, 0.2) is 27.3 Å². The Bertz CT molecular complexity index is 758. The highest BCUT2D eigenvalue weighted by atomic mass is 16.5. The quantitative estimate of drug-likeness (QED) is 0.774. The first kappa shape index (κ1) is 13.0. The van der Waals surface area contributed by atoms with Gasteiger partial charge in [0.1, 0.15) is 0 Å². The maximum absolute atomic E-state index is 12.0. The second-order valence-electron chi connectivity index (χ2n) is 4.23. The molecule has 108 valence electrons. The Kier molecular flexibility index (Phi) is 3.22. The van der Waals surface area contributed by atoms with Crippen LogP contribution in [0.5, 0.6) is 0 Å². The van der Waals surface area contributed by atoms with E-state index in [-0.39, 0.29) is 17.6 Å². The molecule has 0 saturated carbocycles. The molecule has 0 unspecified atom stereocenters. The molecule has 0 aromatic carbocycles. The highest BCUT2D eigenvalue weighted by Gasteiger charge is 2.17. The summed E-state index contributed by atoms with van der Waals surface area (Å²) in [7, 11) is 0. The molecule has 1 N–H and O–H groups in total. The highest BCUT2D eigenvalue weighted by molar-refractivity contribution is 6.01. The van der Waals surface area contributed by atoms with E-state index in [4.69, 9.17) is 8.94 Å². The van der Waals surface area contributed by atoms with Crippen LogP contribution in [0.3, 0.4) is 0 Å².